The predicted molar refractivity (Wildman–Crippen MR) is 146 cm³/mol. The Morgan fingerprint density at radius 3 is 2.53 bits per heavy atom. The van der Waals surface area contributed by atoms with E-state index >= 15 is 0 Å². The van der Waals surface area contributed by atoms with Gasteiger partial charge in [-0.15, -0.1) is 0 Å². The van der Waals surface area contributed by atoms with E-state index in [9.17, 15) is 42.9 Å². The number of aliphatic hydroxyl groups excluding tert-OH is 3. The van der Waals surface area contributed by atoms with Crippen molar-refractivity contribution in [3.05, 3.63) is 62.9 Å². The van der Waals surface area contributed by atoms with E-state index in [4.69, 9.17) is 15.2 Å². The minimum absolute atomic E-state index is 0.00866. The standard InChI is InChI=1S/C25H24N6O11S/c1-41-21-16(19(36)20(21)37)12-5-3-2-4-11(12)13(33)6-7-15(34)30-43(39,40)25(22(38)18(35)14(8-32)42-25)31-10-29-17-23(26)27-9-28-24(17)31/h2-5,9-10,14,18,22,32,35,38H,6-8H2,1H3,(H,30,34)(H2,26,27,28)/t14-,18-,22-,25+/m1/s1. The van der Waals surface area contributed by atoms with E-state index in [1.165, 1.54) is 31.4 Å². The maximum atomic E-state index is 13.7. The minimum Gasteiger partial charge on any atom is -0.492 e. The van der Waals surface area contributed by atoms with Crippen molar-refractivity contribution in [3.8, 4) is 16.9 Å². The number of nitrogen functional groups attached to an aromatic ring is 1. The lowest BCUT2D eigenvalue weighted by atomic mass is 9.92. The average Bonchev–Trinajstić information content (AvgIpc) is 3.54. The molecule has 2 aromatic heterocycles. The Balaban J connectivity index is 1.42. The largest absolute Gasteiger partial charge is 0.492 e. The van der Waals surface area contributed by atoms with Crippen LogP contribution in [0.15, 0.2) is 46.5 Å². The number of sulfonamides is 1. The molecule has 3 heterocycles. The number of ether oxygens (including phenoxy) is 2. The number of hydrogen-bond acceptors (Lipinski definition) is 15. The number of fused-ring (bicyclic) bond motifs is 1. The van der Waals surface area contributed by atoms with Crippen molar-refractivity contribution in [2.75, 3.05) is 19.5 Å². The summed E-state index contributed by atoms with van der Waals surface area (Å²) in [5.41, 5.74) is 3.79. The van der Waals surface area contributed by atoms with Crippen molar-refractivity contribution in [3.63, 3.8) is 0 Å². The first kappa shape index (κ1) is 29.9. The number of carbonyl (C=O) groups excluding carboxylic acids is 2. The summed E-state index contributed by atoms with van der Waals surface area (Å²) in [5.74, 6) is -2.22. The van der Waals surface area contributed by atoms with Gasteiger partial charge < -0.3 is 30.5 Å². The SMILES string of the molecule is COc1c(-c2ccccc2C(=O)CCC(=O)NS(=O)(=O)[C@@]2(n3cnc4c(N)ncnc43)O[C@H](CO)[C@@H](O)[C@H]2O)c(=O)c1=O. The van der Waals surface area contributed by atoms with E-state index < -0.39 is 75.4 Å². The molecule has 4 atom stereocenters. The molecular weight excluding hydrogens is 592 g/mol. The zero-order valence-electron chi connectivity index (χ0n) is 22.2. The first-order valence-corrected chi connectivity index (χ1v) is 14.0. The lowest BCUT2D eigenvalue weighted by Crippen LogP contribution is -2.56. The molecule has 1 fully saturated rings. The van der Waals surface area contributed by atoms with Crippen LogP contribution >= 0.6 is 0 Å². The molecule has 1 aliphatic heterocycles. The maximum Gasteiger partial charge on any atom is 0.300 e. The molecule has 0 bridgehead atoms. The summed E-state index contributed by atoms with van der Waals surface area (Å²) in [6.07, 6.45) is -5.16. The number of imidazole rings is 1. The monoisotopic (exact) mass is 616 g/mol. The molecule has 4 aromatic rings. The second-order valence-electron chi connectivity index (χ2n) is 9.51. The number of Topliss-reactive ketones (excluding diaryl/α,β-unsaturated/α-hetero) is 1. The van der Waals surface area contributed by atoms with E-state index in [2.05, 4.69) is 15.0 Å². The van der Waals surface area contributed by atoms with Crippen LogP contribution in [0.3, 0.4) is 0 Å². The molecule has 0 aliphatic carbocycles. The van der Waals surface area contributed by atoms with Crippen LogP contribution in [0.1, 0.15) is 23.2 Å². The van der Waals surface area contributed by atoms with Gasteiger partial charge in [-0.25, -0.2) is 28.1 Å². The van der Waals surface area contributed by atoms with Gasteiger partial charge in [-0.3, -0.25) is 23.7 Å². The smallest absolute Gasteiger partial charge is 0.300 e. The van der Waals surface area contributed by atoms with Gasteiger partial charge in [0.05, 0.1) is 19.3 Å². The molecule has 18 heteroatoms. The molecule has 5 rings (SSSR count). The van der Waals surface area contributed by atoms with E-state index in [0.717, 1.165) is 17.2 Å². The molecule has 1 aliphatic rings. The number of carbonyl (C=O) groups is 2. The van der Waals surface area contributed by atoms with Crippen LogP contribution in [0, 0.1) is 0 Å². The molecule has 0 saturated carbocycles. The van der Waals surface area contributed by atoms with Crippen LogP contribution in [-0.4, -0.2) is 87.0 Å². The molecule has 0 spiro atoms. The fraction of sp³-hybridized carbons (Fsp3) is 0.320. The molecule has 0 unspecified atom stereocenters. The molecule has 1 saturated heterocycles. The second kappa shape index (κ2) is 10.9. The highest BCUT2D eigenvalue weighted by molar-refractivity contribution is 7.90. The normalized spacial score (nSPS) is 22.2. The highest BCUT2D eigenvalue weighted by atomic mass is 32.2. The van der Waals surface area contributed by atoms with Crippen LogP contribution in [0.4, 0.5) is 5.82 Å². The average molecular weight is 617 g/mol. The van der Waals surface area contributed by atoms with Gasteiger partial charge in [0, 0.05) is 24.0 Å². The summed E-state index contributed by atoms with van der Waals surface area (Å²) in [5, 5.41) is 28.1. The lowest BCUT2D eigenvalue weighted by Gasteiger charge is -2.32. The fourth-order valence-corrected chi connectivity index (χ4v) is 6.59. The van der Waals surface area contributed by atoms with Gasteiger partial charge in [0.15, 0.2) is 23.0 Å². The zero-order chi connectivity index (χ0) is 31.3. The summed E-state index contributed by atoms with van der Waals surface area (Å²) in [4.78, 5) is 61.6. The van der Waals surface area contributed by atoms with Crippen molar-refractivity contribution >= 4 is 38.7 Å². The Morgan fingerprint density at radius 2 is 1.86 bits per heavy atom. The van der Waals surface area contributed by atoms with Crippen LogP contribution in [0.5, 0.6) is 5.75 Å². The fourth-order valence-electron chi connectivity index (χ4n) is 4.94. The van der Waals surface area contributed by atoms with Crippen molar-refractivity contribution in [1.29, 1.82) is 0 Å². The van der Waals surface area contributed by atoms with Gasteiger partial charge >= 0.3 is 5.06 Å². The molecule has 17 nitrogen and oxygen atoms in total. The number of rotatable bonds is 10. The van der Waals surface area contributed by atoms with Gasteiger partial charge in [-0.1, -0.05) is 24.3 Å². The molecule has 1 amide bonds. The molecule has 0 radical (unpaired) electrons. The summed E-state index contributed by atoms with van der Waals surface area (Å²) >= 11 is 0. The number of methoxy groups -OCH3 is 1. The van der Waals surface area contributed by atoms with Crippen molar-refractivity contribution in [1.82, 2.24) is 24.2 Å². The number of aliphatic hydroxyl groups is 3. The molecular formula is C25H24N6O11S. The number of aromatic nitrogens is 4. The number of nitrogens with one attached hydrogen (secondary N) is 1. The van der Waals surface area contributed by atoms with E-state index in [1.807, 2.05) is 0 Å². The van der Waals surface area contributed by atoms with Crippen LogP contribution in [-0.2, 0) is 24.6 Å². The van der Waals surface area contributed by atoms with Gasteiger partial charge in [0.1, 0.15) is 36.5 Å². The Morgan fingerprint density at radius 1 is 1.14 bits per heavy atom. The number of hydrogen-bond donors (Lipinski definition) is 5. The number of nitrogens with two attached hydrogens (primary N) is 1. The molecule has 43 heavy (non-hydrogen) atoms. The third kappa shape index (κ3) is 4.55. The van der Waals surface area contributed by atoms with Gasteiger partial charge in [-0.05, 0) is 0 Å². The topological polar surface area (TPSA) is 263 Å². The highest BCUT2D eigenvalue weighted by Crippen LogP contribution is 2.41. The predicted octanol–water partition coefficient (Wildman–Crippen LogP) is -2.49. The summed E-state index contributed by atoms with van der Waals surface area (Å²) in [7, 11) is -3.97. The van der Waals surface area contributed by atoms with Crippen LogP contribution in [0.25, 0.3) is 22.3 Å². The Kier molecular flexibility index (Phi) is 7.57. The highest BCUT2D eigenvalue weighted by Gasteiger charge is 2.65. The molecule has 2 aromatic carbocycles. The lowest BCUT2D eigenvalue weighted by molar-refractivity contribution is -0.120. The summed E-state index contributed by atoms with van der Waals surface area (Å²) in [6.45, 7) is -0.906. The first-order valence-electron chi connectivity index (χ1n) is 12.5. The van der Waals surface area contributed by atoms with Gasteiger partial charge in [0.2, 0.25) is 11.3 Å². The number of ketones is 1. The maximum absolute atomic E-state index is 13.7. The second-order valence-corrected chi connectivity index (χ2v) is 11.3. The van der Waals surface area contributed by atoms with Gasteiger partial charge in [-0.2, -0.15) is 0 Å². The Labute approximate surface area is 241 Å². The Bertz CT molecular complexity index is 1930. The third-order valence-corrected chi connectivity index (χ3v) is 8.86. The quantitative estimate of drug-likeness (QED) is 0.0911. The van der Waals surface area contributed by atoms with Crippen molar-refractivity contribution in [2.45, 2.75) is 36.2 Å². The van der Waals surface area contributed by atoms with E-state index in [1.54, 1.807) is 4.72 Å². The zero-order valence-corrected chi connectivity index (χ0v) is 23.0. The van der Waals surface area contributed by atoms with Crippen molar-refractivity contribution < 1.29 is 42.8 Å². The summed E-state index contributed by atoms with van der Waals surface area (Å²) in [6, 6.07) is 5.82. The summed E-state index contributed by atoms with van der Waals surface area (Å²) < 4.78 is 40.4. The Hall–Kier alpha value is -4.62. The van der Waals surface area contributed by atoms with Gasteiger partial charge in [0.25, 0.3) is 15.5 Å². The van der Waals surface area contributed by atoms with E-state index in [0.29, 0.717) is 0 Å². The number of anilines is 1. The first-order chi connectivity index (χ1) is 20.4. The minimum atomic E-state index is -5.16. The van der Waals surface area contributed by atoms with Crippen LogP contribution in [0.2, 0.25) is 0 Å². The van der Waals surface area contributed by atoms with Crippen molar-refractivity contribution in [2.24, 2.45) is 0 Å². The van der Waals surface area contributed by atoms with E-state index in [-0.39, 0.29) is 39.4 Å². The number of nitrogens with zero attached hydrogens (tertiary/aromatic N) is 4. The molecule has 226 valence electrons. The third-order valence-electron chi connectivity index (χ3n) is 7.06. The molecule has 6 N–H and O–H groups in total. The van der Waals surface area contributed by atoms with Crippen LogP contribution < -0.4 is 26.1 Å². The number of benzene rings is 1. The number of amides is 1.